The lowest BCUT2D eigenvalue weighted by atomic mass is 9.85. The lowest BCUT2D eigenvalue weighted by Gasteiger charge is -2.30. The molecule has 9 heteroatoms. The second kappa shape index (κ2) is 10.8. The molecule has 0 radical (unpaired) electrons. The van der Waals surface area contributed by atoms with Crippen molar-refractivity contribution in [2.45, 2.75) is 56.5 Å². The Morgan fingerprint density at radius 3 is 2.23 bits per heavy atom. The van der Waals surface area contributed by atoms with Crippen molar-refractivity contribution >= 4 is 18.0 Å². The summed E-state index contributed by atoms with van der Waals surface area (Å²) in [6.07, 6.45) is -2.39. The van der Waals surface area contributed by atoms with Gasteiger partial charge in [0.15, 0.2) is 0 Å². The van der Waals surface area contributed by atoms with Crippen LogP contribution < -0.4 is 10.6 Å². The van der Waals surface area contributed by atoms with Gasteiger partial charge in [0.25, 0.3) is 6.43 Å². The van der Waals surface area contributed by atoms with Gasteiger partial charge in [-0.15, -0.1) is 0 Å². The zero-order valence-corrected chi connectivity index (χ0v) is 19.1. The van der Waals surface area contributed by atoms with Crippen molar-refractivity contribution in [2.24, 2.45) is 5.92 Å². The number of carboxylic acids is 1. The van der Waals surface area contributed by atoms with Crippen molar-refractivity contribution in [1.29, 1.82) is 0 Å². The quantitative estimate of drug-likeness (QED) is 0.516. The Labute approximate surface area is 201 Å². The predicted octanol–water partition coefficient (Wildman–Crippen LogP) is 4.31. The molecule has 2 amide bonds. The fourth-order valence-corrected chi connectivity index (χ4v) is 5.06. The summed E-state index contributed by atoms with van der Waals surface area (Å²) in [7, 11) is 0. The third kappa shape index (κ3) is 5.78. The van der Waals surface area contributed by atoms with Gasteiger partial charge >= 0.3 is 12.1 Å². The number of alkyl carbamates (subject to hydrolysis) is 1. The van der Waals surface area contributed by atoms with E-state index >= 15 is 0 Å². The lowest BCUT2D eigenvalue weighted by molar-refractivity contribution is -0.139. The van der Waals surface area contributed by atoms with Crippen LogP contribution in [0.4, 0.5) is 13.6 Å². The van der Waals surface area contributed by atoms with E-state index in [1.54, 1.807) is 0 Å². The highest BCUT2D eigenvalue weighted by molar-refractivity contribution is 5.80. The largest absolute Gasteiger partial charge is 0.481 e. The minimum Gasteiger partial charge on any atom is -0.481 e. The molecule has 2 aliphatic rings. The van der Waals surface area contributed by atoms with Crippen LogP contribution in [-0.2, 0) is 14.3 Å². The number of carbonyl (C=O) groups excluding carboxylic acids is 2. The summed E-state index contributed by atoms with van der Waals surface area (Å²) in [6.45, 7) is 0.168. The average molecular weight is 487 g/mol. The molecule has 2 aliphatic carbocycles. The second-order valence-electron chi connectivity index (χ2n) is 9.08. The molecule has 3 atom stereocenters. The van der Waals surface area contributed by atoms with E-state index in [1.807, 2.05) is 36.4 Å². The number of fused-ring (bicyclic) bond motifs is 3. The van der Waals surface area contributed by atoms with Crippen LogP contribution in [-0.4, -0.2) is 48.2 Å². The number of aliphatic carboxylic acids is 1. The molecule has 0 aliphatic heterocycles. The van der Waals surface area contributed by atoms with Gasteiger partial charge in [0.05, 0.1) is 6.42 Å². The highest BCUT2D eigenvalue weighted by Crippen LogP contribution is 2.44. The van der Waals surface area contributed by atoms with Gasteiger partial charge < -0.3 is 20.5 Å². The first kappa shape index (κ1) is 24.6. The summed E-state index contributed by atoms with van der Waals surface area (Å²) in [5.41, 5.74) is 4.46. The van der Waals surface area contributed by atoms with E-state index in [9.17, 15) is 23.2 Å². The van der Waals surface area contributed by atoms with Crippen LogP contribution in [0.15, 0.2) is 48.5 Å². The Morgan fingerprint density at radius 2 is 1.63 bits per heavy atom. The van der Waals surface area contributed by atoms with E-state index in [0.717, 1.165) is 22.3 Å². The Morgan fingerprint density at radius 1 is 1.00 bits per heavy atom. The van der Waals surface area contributed by atoms with Crippen molar-refractivity contribution in [3.05, 3.63) is 59.7 Å². The van der Waals surface area contributed by atoms with Crippen LogP contribution in [0, 0.1) is 5.92 Å². The first-order valence-corrected chi connectivity index (χ1v) is 11.7. The first-order valence-electron chi connectivity index (χ1n) is 11.7. The maximum Gasteiger partial charge on any atom is 0.407 e. The SMILES string of the molecule is O=C(O)CC(NC(=O)[C@H]1CCC[C@@H](NC(=O)OCC2c3ccccc3-c3ccccc32)C1)C(F)F. The number of alkyl halides is 2. The Kier molecular flexibility index (Phi) is 7.63. The molecule has 4 rings (SSSR count). The molecule has 186 valence electrons. The third-order valence-corrected chi connectivity index (χ3v) is 6.74. The highest BCUT2D eigenvalue weighted by atomic mass is 19.3. The van der Waals surface area contributed by atoms with E-state index in [-0.39, 0.29) is 25.0 Å². The van der Waals surface area contributed by atoms with Crippen LogP contribution in [0.2, 0.25) is 0 Å². The average Bonchev–Trinajstić information content (AvgIpc) is 3.16. The van der Waals surface area contributed by atoms with Crippen LogP contribution in [0.25, 0.3) is 11.1 Å². The molecular formula is C26H28F2N2O5. The van der Waals surface area contributed by atoms with E-state index in [2.05, 4.69) is 22.8 Å². The second-order valence-corrected chi connectivity index (χ2v) is 9.08. The number of carbonyl (C=O) groups is 3. The van der Waals surface area contributed by atoms with E-state index < -0.39 is 42.8 Å². The molecule has 35 heavy (non-hydrogen) atoms. The fraction of sp³-hybridized carbons (Fsp3) is 0.423. The summed E-state index contributed by atoms with van der Waals surface area (Å²) in [6, 6.07) is 14.0. The molecule has 1 fully saturated rings. The maximum atomic E-state index is 13.1. The minimum absolute atomic E-state index is 0.0708. The zero-order valence-electron chi connectivity index (χ0n) is 19.1. The number of nitrogens with one attached hydrogen (secondary N) is 2. The van der Waals surface area contributed by atoms with Gasteiger partial charge in [-0.05, 0) is 41.5 Å². The standard InChI is InChI=1S/C26H28F2N2O5/c27-24(28)22(13-23(31)32)30-25(33)15-6-5-7-16(12-15)29-26(34)35-14-21-19-10-3-1-8-17(19)18-9-2-4-11-20(18)21/h1-4,8-11,15-16,21-22,24H,5-7,12-14H2,(H,29,34)(H,30,33)(H,31,32)/t15-,16+,22?/m0/s1. The minimum atomic E-state index is -2.98. The van der Waals surface area contributed by atoms with Crippen molar-refractivity contribution in [3.8, 4) is 11.1 Å². The van der Waals surface area contributed by atoms with Gasteiger partial charge in [-0.25, -0.2) is 13.6 Å². The van der Waals surface area contributed by atoms with Crippen molar-refractivity contribution in [3.63, 3.8) is 0 Å². The Bertz CT molecular complexity index is 1050. The summed E-state index contributed by atoms with van der Waals surface area (Å²) in [4.78, 5) is 35.8. The summed E-state index contributed by atoms with van der Waals surface area (Å²) in [5, 5.41) is 13.7. The monoisotopic (exact) mass is 486 g/mol. The topological polar surface area (TPSA) is 105 Å². The third-order valence-electron chi connectivity index (χ3n) is 6.74. The number of ether oxygens (including phenoxy) is 1. The summed E-state index contributed by atoms with van der Waals surface area (Å²) >= 11 is 0. The molecule has 7 nitrogen and oxygen atoms in total. The van der Waals surface area contributed by atoms with Crippen molar-refractivity contribution in [2.75, 3.05) is 6.61 Å². The van der Waals surface area contributed by atoms with E-state index in [0.29, 0.717) is 19.3 Å². The lowest BCUT2D eigenvalue weighted by Crippen LogP contribution is -2.47. The smallest absolute Gasteiger partial charge is 0.407 e. The molecule has 1 saturated carbocycles. The predicted molar refractivity (Wildman–Crippen MR) is 124 cm³/mol. The number of halogens is 2. The molecule has 0 spiro atoms. The molecule has 2 aromatic carbocycles. The summed E-state index contributed by atoms with van der Waals surface area (Å²) < 4.78 is 31.7. The molecule has 0 aromatic heterocycles. The molecule has 2 aromatic rings. The summed E-state index contributed by atoms with van der Waals surface area (Å²) in [5.74, 6) is -2.68. The fourth-order valence-electron chi connectivity index (χ4n) is 5.06. The highest BCUT2D eigenvalue weighted by Gasteiger charge is 2.33. The van der Waals surface area contributed by atoms with Gasteiger partial charge in [-0.2, -0.15) is 0 Å². The Balaban J connectivity index is 1.31. The van der Waals surface area contributed by atoms with Gasteiger partial charge in [-0.1, -0.05) is 55.0 Å². The van der Waals surface area contributed by atoms with Gasteiger partial charge in [0.2, 0.25) is 5.91 Å². The van der Waals surface area contributed by atoms with Crippen LogP contribution in [0.1, 0.15) is 49.1 Å². The van der Waals surface area contributed by atoms with E-state index in [4.69, 9.17) is 9.84 Å². The van der Waals surface area contributed by atoms with Crippen molar-refractivity contribution in [1.82, 2.24) is 10.6 Å². The molecule has 0 heterocycles. The number of amides is 2. The molecule has 0 bridgehead atoms. The number of hydrogen-bond donors (Lipinski definition) is 3. The van der Waals surface area contributed by atoms with Gasteiger partial charge in [0, 0.05) is 17.9 Å². The Hall–Kier alpha value is -3.49. The van der Waals surface area contributed by atoms with Gasteiger partial charge in [0.1, 0.15) is 12.6 Å². The molecule has 1 unspecified atom stereocenters. The number of benzene rings is 2. The zero-order chi connectivity index (χ0) is 24.9. The van der Waals surface area contributed by atoms with Crippen LogP contribution in [0.5, 0.6) is 0 Å². The van der Waals surface area contributed by atoms with Crippen LogP contribution in [0.3, 0.4) is 0 Å². The molecule has 0 saturated heterocycles. The maximum absolute atomic E-state index is 13.1. The van der Waals surface area contributed by atoms with Crippen molar-refractivity contribution < 1.29 is 33.0 Å². The van der Waals surface area contributed by atoms with Crippen LogP contribution >= 0.6 is 0 Å². The van der Waals surface area contributed by atoms with E-state index in [1.165, 1.54) is 0 Å². The molecular weight excluding hydrogens is 458 g/mol. The number of carboxylic acid groups (broad SMARTS) is 1. The van der Waals surface area contributed by atoms with Gasteiger partial charge in [-0.3, -0.25) is 9.59 Å². The normalized spacial score (nSPS) is 20.0. The molecule has 3 N–H and O–H groups in total. The first-order chi connectivity index (χ1) is 16.8. The number of hydrogen-bond acceptors (Lipinski definition) is 4. The number of rotatable bonds is 8.